The van der Waals surface area contributed by atoms with Gasteiger partial charge in [0.15, 0.2) is 0 Å². The molecule has 0 radical (unpaired) electrons. The molecular formula is C16H22BrClN2. The summed E-state index contributed by atoms with van der Waals surface area (Å²) in [6, 6.07) is 6.82. The Bertz CT molecular complexity index is 456. The quantitative estimate of drug-likeness (QED) is 0.825. The van der Waals surface area contributed by atoms with Crippen LogP contribution < -0.4 is 5.32 Å². The molecule has 110 valence electrons. The standard InChI is InChI=1S/C16H22BrClN2/c17-16-8-14(18)6-5-13(16)10-20(9-12-3-4-12)11-15-2-1-7-19-15/h5-6,8,12,15,19H,1-4,7,9-11H2. The molecule has 4 heteroatoms. The van der Waals surface area contributed by atoms with Crippen molar-refractivity contribution in [1.82, 2.24) is 10.2 Å². The molecule has 1 aliphatic carbocycles. The van der Waals surface area contributed by atoms with Crippen molar-refractivity contribution < 1.29 is 0 Å². The fourth-order valence-electron chi connectivity index (χ4n) is 2.98. The van der Waals surface area contributed by atoms with E-state index in [0.717, 1.165) is 22.0 Å². The van der Waals surface area contributed by atoms with Crippen molar-refractivity contribution in [2.24, 2.45) is 5.92 Å². The highest BCUT2D eigenvalue weighted by Crippen LogP contribution is 2.31. The number of nitrogens with one attached hydrogen (secondary N) is 1. The van der Waals surface area contributed by atoms with Gasteiger partial charge in [-0.15, -0.1) is 0 Å². The highest BCUT2D eigenvalue weighted by atomic mass is 79.9. The van der Waals surface area contributed by atoms with Gasteiger partial charge in [-0.05, 0) is 55.8 Å². The van der Waals surface area contributed by atoms with Gasteiger partial charge >= 0.3 is 0 Å². The van der Waals surface area contributed by atoms with E-state index in [4.69, 9.17) is 11.6 Å². The van der Waals surface area contributed by atoms with Crippen molar-refractivity contribution in [3.05, 3.63) is 33.3 Å². The van der Waals surface area contributed by atoms with Crippen LogP contribution in [0.15, 0.2) is 22.7 Å². The van der Waals surface area contributed by atoms with Gasteiger partial charge in [-0.3, -0.25) is 4.90 Å². The van der Waals surface area contributed by atoms with Crippen LogP contribution in [0.3, 0.4) is 0 Å². The molecule has 0 spiro atoms. The van der Waals surface area contributed by atoms with E-state index in [1.54, 1.807) is 0 Å². The second-order valence-electron chi connectivity index (χ2n) is 6.17. The second kappa shape index (κ2) is 6.78. The fourth-order valence-corrected chi connectivity index (χ4v) is 3.79. The predicted octanol–water partition coefficient (Wildman–Crippen LogP) is 4.07. The van der Waals surface area contributed by atoms with Crippen molar-refractivity contribution in [3.63, 3.8) is 0 Å². The van der Waals surface area contributed by atoms with E-state index in [0.29, 0.717) is 6.04 Å². The van der Waals surface area contributed by atoms with Crippen molar-refractivity contribution >= 4 is 27.5 Å². The Balaban J connectivity index is 1.64. The number of hydrogen-bond acceptors (Lipinski definition) is 2. The van der Waals surface area contributed by atoms with Crippen LogP contribution in [0.4, 0.5) is 0 Å². The summed E-state index contributed by atoms with van der Waals surface area (Å²) < 4.78 is 1.13. The lowest BCUT2D eigenvalue weighted by molar-refractivity contribution is 0.231. The predicted molar refractivity (Wildman–Crippen MR) is 88.2 cm³/mol. The Morgan fingerprint density at radius 2 is 2.10 bits per heavy atom. The zero-order chi connectivity index (χ0) is 13.9. The van der Waals surface area contributed by atoms with E-state index in [-0.39, 0.29) is 0 Å². The van der Waals surface area contributed by atoms with Crippen LogP contribution >= 0.6 is 27.5 Å². The Morgan fingerprint density at radius 3 is 2.75 bits per heavy atom. The lowest BCUT2D eigenvalue weighted by Gasteiger charge is -2.26. The van der Waals surface area contributed by atoms with Gasteiger partial charge in [0.2, 0.25) is 0 Å². The largest absolute Gasteiger partial charge is 0.313 e. The van der Waals surface area contributed by atoms with E-state index in [9.17, 15) is 0 Å². The molecule has 1 atom stereocenters. The molecule has 2 aliphatic rings. The SMILES string of the molecule is Clc1ccc(CN(CC2CC2)CC2CCCN2)c(Br)c1. The zero-order valence-corrected chi connectivity index (χ0v) is 14.1. The van der Waals surface area contributed by atoms with Gasteiger partial charge in [-0.25, -0.2) is 0 Å². The number of halogens is 2. The first kappa shape index (κ1) is 14.8. The zero-order valence-electron chi connectivity index (χ0n) is 11.7. The molecule has 1 aromatic rings. The maximum Gasteiger partial charge on any atom is 0.0417 e. The molecule has 20 heavy (non-hydrogen) atoms. The molecule has 1 heterocycles. The Morgan fingerprint density at radius 1 is 1.25 bits per heavy atom. The Labute approximate surface area is 135 Å². The Hall–Kier alpha value is -0.0900. The molecule has 1 saturated carbocycles. The third-order valence-corrected chi connectivity index (χ3v) is 5.24. The fraction of sp³-hybridized carbons (Fsp3) is 0.625. The summed E-state index contributed by atoms with van der Waals surface area (Å²) in [6.07, 6.45) is 5.47. The van der Waals surface area contributed by atoms with Crippen LogP contribution in [0.5, 0.6) is 0 Å². The molecule has 1 N–H and O–H groups in total. The van der Waals surface area contributed by atoms with Gasteiger partial charge in [0.25, 0.3) is 0 Å². The van der Waals surface area contributed by atoms with Crippen LogP contribution in [0, 0.1) is 5.92 Å². The number of rotatable bonds is 6. The molecule has 0 amide bonds. The van der Waals surface area contributed by atoms with Crippen molar-refractivity contribution in [1.29, 1.82) is 0 Å². The molecule has 0 aromatic heterocycles. The van der Waals surface area contributed by atoms with Gasteiger partial charge < -0.3 is 5.32 Å². The third-order valence-electron chi connectivity index (χ3n) is 4.26. The van der Waals surface area contributed by atoms with E-state index in [2.05, 4.69) is 32.2 Å². The van der Waals surface area contributed by atoms with Crippen molar-refractivity contribution in [2.75, 3.05) is 19.6 Å². The molecule has 1 aromatic carbocycles. The first-order valence-electron chi connectivity index (χ1n) is 7.60. The van der Waals surface area contributed by atoms with Gasteiger partial charge in [0.05, 0.1) is 0 Å². The molecule has 1 saturated heterocycles. The molecule has 0 bridgehead atoms. The monoisotopic (exact) mass is 356 g/mol. The Kier molecular flexibility index (Phi) is 5.03. The van der Waals surface area contributed by atoms with Gasteiger partial charge in [0, 0.05) is 35.2 Å². The summed E-state index contributed by atoms with van der Waals surface area (Å²) in [7, 11) is 0. The summed E-state index contributed by atoms with van der Waals surface area (Å²) in [5.74, 6) is 0.933. The minimum Gasteiger partial charge on any atom is -0.313 e. The minimum absolute atomic E-state index is 0.680. The average molecular weight is 358 g/mol. The lowest BCUT2D eigenvalue weighted by atomic mass is 10.1. The number of benzene rings is 1. The second-order valence-corrected chi connectivity index (χ2v) is 7.46. The van der Waals surface area contributed by atoms with E-state index in [1.165, 1.54) is 50.9 Å². The summed E-state index contributed by atoms with van der Waals surface area (Å²) >= 11 is 9.68. The molecule has 3 rings (SSSR count). The maximum atomic E-state index is 6.03. The highest BCUT2D eigenvalue weighted by Gasteiger charge is 2.26. The first-order valence-corrected chi connectivity index (χ1v) is 8.77. The minimum atomic E-state index is 0.680. The van der Waals surface area contributed by atoms with Gasteiger partial charge in [-0.1, -0.05) is 33.6 Å². The molecule has 2 nitrogen and oxygen atoms in total. The molecular weight excluding hydrogens is 336 g/mol. The average Bonchev–Trinajstić information content (AvgIpc) is 3.07. The highest BCUT2D eigenvalue weighted by molar-refractivity contribution is 9.10. The molecule has 1 aliphatic heterocycles. The van der Waals surface area contributed by atoms with Crippen LogP contribution in [0.2, 0.25) is 5.02 Å². The topological polar surface area (TPSA) is 15.3 Å². The van der Waals surface area contributed by atoms with Crippen molar-refractivity contribution in [2.45, 2.75) is 38.3 Å². The van der Waals surface area contributed by atoms with Crippen LogP contribution in [-0.2, 0) is 6.54 Å². The van der Waals surface area contributed by atoms with E-state index >= 15 is 0 Å². The van der Waals surface area contributed by atoms with E-state index < -0.39 is 0 Å². The first-order chi connectivity index (χ1) is 9.70. The normalized spacial score (nSPS) is 22.6. The van der Waals surface area contributed by atoms with Gasteiger partial charge in [0.1, 0.15) is 0 Å². The van der Waals surface area contributed by atoms with Crippen LogP contribution in [0.1, 0.15) is 31.2 Å². The summed E-state index contributed by atoms with van der Waals surface area (Å²) in [5.41, 5.74) is 1.34. The third kappa shape index (κ3) is 4.20. The number of nitrogens with zero attached hydrogens (tertiary/aromatic N) is 1. The van der Waals surface area contributed by atoms with E-state index in [1.807, 2.05) is 12.1 Å². The van der Waals surface area contributed by atoms with Crippen LogP contribution in [-0.4, -0.2) is 30.6 Å². The van der Waals surface area contributed by atoms with Crippen LogP contribution in [0.25, 0.3) is 0 Å². The smallest absolute Gasteiger partial charge is 0.0417 e. The van der Waals surface area contributed by atoms with Gasteiger partial charge in [-0.2, -0.15) is 0 Å². The lowest BCUT2D eigenvalue weighted by Crippen LogP contribution is -2.38. The summed E-state index contributed by atoms with van der Waals surface area (Å²) in [6.45, 7) is 4.62. The summed E-state index contributed by atoms with van der Waals surface area (Å²) in [4.78, 5) is 2.62. The molecule has 1 unspecified atom stereocenters. The van der Waals surface area contributed by atoms with Crippen molar-refractivity contribution in [3.8, 4) is 0 Å². The molecule has 2 fully saturated rings. The summed E-state index contributed by atoms with van der Waals surface area (Å²) in [5, 5.41) is 4.41. The maximum absolute atomic E-state index is 6.03. The number of hydrogen-bond donors (Lipinski definition) is 1.